The van der Waals surface area contributed by atoms with Gasteiger partial charge in [0.05, 0.1) is 0 Å². The first-order chi connectivity index (χ1) is 9.29. The van der Waals surface area contributed by atoms with Crippen molar-refractivity contribution in [2.75, 3.05) is 0 Å². The van der Waals surface area contributed by atoms with Crippen molar-refractivity contribution in [2.24, 2.45) is 0 Å². The number of benzene rings is 2. The van der Waals surface area contributed by atoms with Crippen molar-refractivity contribution in [1.29, 1.82) is 0 Å². The Bertz CT molecular complexity index is 499. The van der Waals surface area contributed by atoms with Gasteiger partial charge in [-0.25, -0.2) is 0 Å². The fraction of sp³-hybridized carbons (Fsp3) is 0.333. The van der Waals surface area contributed by atoms with Gasteiger partial charge in [-0.3, -0.25) is 0 Å². The van der Waals surface area contributed by atoms with Crippen molar-refractivity contribution in [3.63, 3.8) is 0 Å². The van der Waals surface area contributed by atoms with Crippen LogP contribution in [0.15, 0.2) is 48.5 Å². The Kier molecular flexibility index (Phi) is 5.47. The van der Waals surface area contributed by atoms with Crippen LogP contribution in [0.1, 0.15) is 38.2 Å². The monoisotopic (exact) mass is 272 g/mol. The van der Waals surface area contributed by atoms with Crippen LogP contribution in [0.3, 0.4) is 0 Å². The van der Waals surface area contributed by atoms with E-state index in [-0.39, 0.29) is 0 Å². The maximum Gasteiger partial charge on any atom is 0.0412 e. The van der Waals surface area contributed by atoms with Gasteiger partial charge in [-0.2, -0.15) is 0 Å². The Hall–Kier alpha value is -1.27. The SMILES string of the molecule is CCCCCCc1ccc(-c2cccc(Cl)c2)cc1. The highest BCUT2D eigenvalue weighted by atomic mass is 35.5. The maximum absolute atomic E-state index is 6.02. The smallest absolute Gasteiger partial charge is 0.0412 e. The summed E-state index contributed by atoms with van der Waals surface area (Å²) >= 11 is 6.02. The van der Waals surface area contributed by atoms with Crippen LogP contribution in [0.2, 0.25) is 5.02 Å². The molecule has 0 fully saturated rings. The van der Waals surface area contributed by atoms with E-state index < -0.39 is 0 Å². The highest BCUT2D eigenvalue weighted by Crippen LogP contribution is 2.23. The molecule has 0 amide bonds. The summed E-state index contributed by atoms with van der Waals surface area (Å²) in [4.78, 5) is 0. The minimum Gasteiger partial charge on any atom is -0.0843 e. The average molecular weight is 273 g/mol. The average Bonchev–Trinajstić information content (AvgIpc) is 2.44. The zero-order valence-electron chi connectivity index (χ0n) is 11.5. The molecule has 0 aliphatic rings. The Morgan fingerprint density at radius 3 is 2.32 bits per heavy atom. The summed E-state index contributed by atoms with van der Waals surface area (Å²) in [5, 5.41) is 0.793. The van der Waals surface area contributed by atoms with Crippen molar-refractivity contribution in [3.8, 4) is 11.1 Å². The molecule has 0 aliphatic heterocycles. The molecular formula is C18H21Cl. The van der Waals surface area contributed by atoms with Crippen LogP contribution in [0, 0.1) is 0 Å². The van der Waals surface area contributed by atoms with Crippen LogP contribution in [0.25, 0.3) is 11.1 Å². The number of halogens is 1. The quantitative estimate of drug-likeness (QED) is 0.555. The zero-order chi connectivity index (χ0) is 13.5. The van der Waals surface area contributed by atoms with Crippen LogP contribution in [-0.4, -0.2) is 0 Å². The Labute approximate surface area is 121 Å². The van der Waals surface area contributed by atoms with Crippen molar-refractivity contribution >= 4 is 11.6 Å². The molecule has 0 saturated carbocycles. The van der Waals surface area contributed by atoms with Gasteiger partial charge in [0.15, 0.2) is 0 Å². The number of unbranched alkanes of at least 4 members (excludes halogenated alkanes) is 3. The van der Waals surface area contributed by atoms with Crippen molar-refractivity contribution in [1.82, 2.24) is 0 Å². The van der Waals surface area contributed by atoms with Gasteiger partial charge in [-0.15, -0.1) is 0 Å². The number of aryl methyl sites for hydroxylation is 1. The predicted molar refractivity (Wildman–Crippen MR) is 84.7 cm³/mol. The minimum atomic E-state index is 0.793. The third kappa shape index (κ3) is 4.40. The van der Waals surface area contributed by atoms with Gasteiger partial charge in [0.2, 0.25) is 0 Å². The molecule has 1 heteroatoms. The fourth-order valence-electron chi connectivity index (χ4n) is 2.29. The van der Waals surface area contributed by atoms with Gasteiger partial charge in [0.25, 0.3) is 0 Å². The molecule has 0 N–H and O–H groups in total. The molecule has 0 aliphatic carbocycles. The molecule has 0 atom stereocenters. The van der Waals surface area contributed by atoms with Crippen LogP contribution in [-0.2, 0) is 6.42 Å². The second kappa shape index (κ2) is 7.35. The van der Waals surface area contributed by atoms with Gasteiger partial charge in [0, 0.05) is 5.02 Å². The standard InChI is InChI=1S/C18H21Cl/c1-2-3-4-5-7-15-10-12-16(13-11-15)17-8-6-9-18(19)14-17/h6,8-14H,2-5,7H2,1H3. The number of hydrogen-bond donors (Lipinski definition) is 0. The normalized spacial score (nSPS) is 10.6. The Morgan fingerprint density at radius 1 is 0.842 bits per heavy atom. The number of hydrogen-bond acceptors (Lipinski definition) is 0. The molecule has 2 aromatic rings. The summed E-state index contributed by atoms with van der Waals surface area (Å²) in [6.45, 7) is 2.25. The second-order valence-corrected chi connectivity index (χ2v) is 5.45. The zero-order valence-corrected chi connectivity index (χ0v) is 12.3. The molecule has 19 heavy (non-hydrogen) atoms. The molecule has 2 rings (SSSR count). The lowest BCUT2D eigenvalue weighted by molar-refractivity contribution is 0.667. The summed E-state index contributed by atoms with van der Waals surface area (Å²) in [6.07, 6.45) is 6.47. The molecule has 0 aromatic heterocycles. The lowest BCUT2D eigenvalue weighted by atomic mass is 10.0. The van der Waals surface area contributed by atoms with E-state index in [1.807, 2.05) is 18.2 Å². The van der Waals surface area contributed by atoms with E-state index in [4.69, 9.17) is 11.6 Å². The largest absolute Gasteiger partial charge is 0.0843 e. The highest BCUT2D eigenvalue weighted by Gasteiger charge is 1.99. The molecule has 0 bridgehead atoms. The fourth-order valence-corrected chi connectivity index (χ4v) is 2.48. The van der Waals surface area contributed by atoms with E-state index in [9.17, 15) is 0 Å². The van der Waals surface area contributed by atoms with Crippen LogP contribution >= 0.6 is 11.6 Å². The summed E-state index contributed by atoms with van der Waals surface area (Å²) in [5.74, 6) is 0. The summed E-state index contributed by atoms with van der Waals surface area (Å²) in [5.41, 5.74) is 3.85. The topological polar surface area (TPSA) is 0 Å². The molecule has 100 valence electrons. The first kappa shape index (κ1) is 14.1. The summed E-state index contributed by atoms with van der Waals surface area (Å²) in [6, 6.07) is 16.9. The van der Waals surface area contributed by atoms with E-state index in [1.165, 1.54) is 48.8 Å². The molecule has 0 spiro atoms. The van der Waals surface area contributed by atoms with Crippen LogP contribution < -0.4 is 0 Å². The number of rotatable bonds is 6. The van der Waals surface area contributed by atoms with Crippen LogP contribution in [0.5, 0.6) is 0 Å². The van der Waals surface area contributed by atoms with E-state index in [0.717, 1.165) is 5.02 Å². The highest BCUT2D eigenvalue weighted by molar-refractivity contribution is 6.30. The lowest BCUT2D eigenvalue weighted by Crippen LogP contribution is -1.86. The maximum atomic E-state index is 6.02. The molecule has 0 saturated heterocycles. The Morgan fingerprint density at radius 2 is 1.63 bits per heavy atom. The second-order valence-electron chi connectivity index (χ2n) is 5.02. The lowest BCUT2D eigenvalue weighted by Gasteiger charge is -2.05. The third-order valence-electron chi connectivity index (χ3n) is 3.43. The molecule has 0 radical (unpaired) electrons. The molecule has 0 heterocycles. The predicted octanol–water partition coefficient (Wildman–Crippen LogP) is 6.13. The van der Waals surface area contributed by atoms with Gasteiger partial charge in [-0.1, -0.05) is 74.2 Å². The van der Waals surface area contributed by atoms with Gasteiger partial charge < -0.3 is 0 Å². The third-order valence-corrected chi connectivity index (χ3v) is 3.67. The van der Waals surface area contributed by atoms with E-state index in [1.54, 1.807) is 0 Å². The molecular weight excluding hydrogens is 252 g/mol. The van der Waals surface area contributed by atoms with Crippen molar-refractivity contribution < 1.29 is 0 Å². The first-order valence-electron chi connectivity index (χ1n) is 7.14. The van der Waals surface area contributed by atoms with E-state index >= 15 is 0 Å². The molecule has 0 unspecified atom stereocenters. The Balaban J connectivity index is 1.98. The molecule has 0 nitrogen and oxygen atoms in total. The van der Waals surface area contributed by atoms with E-state index in [0.29, 0.717) is 0 Å². The van der Waals surface area contributed by atoms with Gasteiger partial charge in [-0.05, 0) is 41.7 Å². The minimum absolute atomic E-state index is 0.793. The van der Waals surface area contributed by atoms with Gasteiger partial charge in [0.1, 0.15) is 0 Å². The van der Waals surface area contributed by atoms with Crippen molar-refractivity contribution in [3.05, 3.63) is 59.1 Å². The van der Waals surface area contributed by atoms with E-state index in [2.05, 4.69) is 37.3 Å². The van der Waals surface area contributed by atoms with Crippen LogP contribution in [0.4, 0.5) is 0 Å². The van der Waals surface area contributed by atoms with Crippen molar-refractivity contribution in [2.45, 2.75) is 39.0 Å². The first-order valence-corrected chi connectivity index (χ1v) is 7.52. The van der Waals surface area contributed by atoms with Gasteiger partial charge >= 0.3 is 0 Å². The summed E-state index contributed by atoms with van der Waals surface area (Å²) < 4.78 is 0. The molecule has 2 aromatic carbocycles. The summed E-state index contributed by atoms with van der Waals surface area (Å²) in [7, 11) is 0.